The fourth-order valence-electron chi connectivity index (χ4n) is 3.95. The molecule has 0 saturated carbocycles. The lowest BCUT2D eigenvalue weighted by molar-refractivity contribution is -0.129. The van der Waals surface area contributed by atoms with Crippen molar-refractivity contribution >= 4 is 17.8 Å². The van der Waals surface area contributed by atoms with E-state index in [0.717, 1.165) is 42.7 Å². The zero-order chi connectivity index (χ0) is 24.5. The molecule has 1 aliphatic heterocycles. The Morgan fingerprint density at radius 3 is 2.44 bits per heavy atom. The molecule has 1 heterocycles. The molecular weight excluding hydrogens is 428 g/mol. The lowest BCUT2D eigenvalue weighted by Crippen LogP contribution is -2.33. The van der Waals surface area contributed by atoms with Gasteiger partial charge in [-0.2, -0.15) is 0 Å². The van der Waals surface area contributed by atoms with Gasteiger partial charge >= 0.3 is 0 Å². The normalized spacial score (nSPS) is 16.2. The minimum atomic E-state index is -0.646. The molecular formula is C28H34N2O4. The van der Waals surface area contributed by atoms with Gasteiger partial charge in [-0.25, -0.2) is 0 Å². The van der Waals surface area contributed by atoms with Crippen LogP contribution in [0.2, 0.25) is 0 Å². The number of hydrogen-bond donors (Lipinski definition) is 1. The Morgan fingerprint density at radius 1 is 1.09 bits per heavy atom. The van der Waals surface area contributed by atoms with Crippen molar-refractivity contribution in [2.75, 3.05) is 33.8 Å². The third kappa shape index (κ3) is 6.35. The Kier molecular flexibility index (Phi) is 9.05. The summed E-state index contributed by atoms with van der Waals surface area (Å²) >= 11 is 0. The van der Waals surface area contributed by atoms with Crippen LogP contribution in [0, 0.1) is 0 Å². The molecule has 0 saturated heterocycles. The number of unbranched alkanes of at least 4 members (excludes halogenated alkanes) is 1. The van der Waals surface area contributed by atoms with Gasteiger partial charge in [0, 0.05) is 6.54 Å². The summed E-state index contributed by atoms with van der Waals surface area (Å²) in [5.74, 6) is -0.617. The van der Waals surface area contributed by atoms with Gasteiger partial charge in [-0.1, -0.05) is 61.9 Å². The highest BCUT2D eigenvalue weighted by atomic mass is 16.5. The standard InChI is InChI=1S/C28H34N2O4/c1-4-5-20-34-23-15-13-22(14-16-23)26-25(24(31)17-12-21-10-7-6-8-11-21)27(32)28(33)30(26)19-9-18-29(2)3/h6-8,10-17,26,32H,4-5,9,18-20H2,1-3H3. The van der Waals surface area contributed by atoms with Crippen LogP contribution in [0.3, 0.4) is 0 Å². The largest absolute Gasteiger partial charge is 0.503 e. The van der Waals surface area contributed by atoms with E-state index in [1.165, 1.54) is 6.08 Å². The van der Waals surface area contributed by atoms with Gasteiger partial charge in [-0.3, -0.25) is 9.59 Å². The molecule has 1 aliphatic rings. The molecule has 0 radical (unpaired) electrons. The predicted octanol–water partition coefficient (Wildman–Crippen LogP) is 4.80. The summed E-state index contributed by atoms with van der Waals surface area (Å²) in [5, 5.41) is 10.7. The van der Waals surface area contributed by atoms with E-state index >= 15 is 0 Å². The fraction of sp³-hybridized carbons (Fsp3) is 0.357. The van der Waals surface area contributed by atoms with E-state index in [1.54, 1.807) is 11.0 Å². The summed E-state index contributed by atoms with van der Waals surface area (Å²) in [6.45, 7) is 3.97. The molecule has 0 fully saturated rings. The van der Waals surface area contributed by atoms with Crippen LogP contribution < -0.4 is 4.74 Å². The number of amides is 1. The molecule has 0 bridgehead atoms. The van der Waals surface area contributed by atoms with Gasteiger partial charge < -0.3 is 19.6 Å². The van der Waals surface area contributed by atoms with Crippen LogP contribution in [-0.4, -0.2) is 60.4 Å². The fourth-order valence-corrected chi connectivity index (χ4v) is 3.95. The predicted molar refractivity (Wildman–Crippen MR) is 135 cm³/mol. The maximum Gasteiger partial charge on any atom is 0.290 e. The van der Waals surface area contributed by atoms with Crippen LogP contribution in [-0.2, 0) is 9.59 Å². The quantitative estimate of drug-likeness (QED) is 0.363. The second kappa shape index (κ2) is 12.2. The van der Waals surface area contributed by atoms with Crippen LogP contribution in [0.1, 0.15) is 43.4 Å². The molecule has 3 rings (SSSR count). The molecule has 1 amide bonds. The lowest BCUT2D eigenvalue weighted by Gasteiger charge is -2.27. The van der Waals surface area contributed by atoms with E-state index in [4.69, 9.17) is 4.74 Å². The van der Waals surface area contributed by atoms with Crippen LogP contribution in [0.4, 0.5) is 0 Å². The summed E-state index contributed by atoms with van der Waals surface area (Å²) in [4.78, 5) is 29.8. The van der Waals surface area contributed by atoms with Gasteiger partial charge in [-0.05, 0) is 62.8 Å². The molecule has 1 unspecified atom stereocenters. The maximum absolute atomic E-state index is 13.2. The molecule has 0 spiro atoms. The number of nitrogens with zero attached hydrogens (tertiary/aromatic N) is 2. The first-order valence-electron chi connectivity index (χ1n) is 11.8. The number of ether oxygens (including phenoxy) is 1. The number of rotatable bonds is 12. The molecule has 1 N–H and O–H groups in total. The third-order valence-electron chi connectivity index (χ3n) is 5.76. The molecule has 34 heavy (non-hydrogen) atoms. The Labute approximate surface area is 202 Å². The second-order valence-corrected chi connectivity index (χ2v) is 8.70. The van der Waals surface area contributed by atoms with E-state index in [9.17, 15) is 14.7 Å². The van der Waals surface area contributed by atoms with Crippen molar-refractivity contribution in [2.24, 2.45) is 0 Å². The van der Waals surface area contributed by atoms with E-state index in [1.807, 2.05) is 73.6 Å². The van der Waals surface area contributed by atoms with Gasteiger partial charge in [0.1, 0.15) is 5.75 Å². The summed E-state index contributed by atoms with van der Waals surface area (Å²) in [6.07, 6.45) is 5.87. The Morgan fingerprint density at radius 2 is 1.79 bits per heavy atom. The van der Waals surface area contributed by atoms with Crippen LogP contribution >= 0.6 is 0 Å². The molecule has 180 valence electrons. The van der Waals surface area contributed by atoms with Gasteiger partial charge in [0.2, 0.25) is 0 Å². The first kappa shape index (κ1) is 25.2. The van der Waals surface area contributed by atoms with Gasteiger partial charge in [0.05, 0.1) is 18.2 Å². The van der Waals surface area contributed by atoms with Gasteiger partial charge in [-0.15, -0.1) is 0 Å². The van der Waals surface area contributed by atoms with Crippen LogP contribution in [0.5, 0.6) is 5.75 Å². The zero-order valence-corrected chi connectivity index (χ0v) is 20.2. The Balaban J connectivity index is 1.89. The van der Waals surface area contributed by atoms with Crippen LogP contribution in [0.25, 0.3) is 6.08 Å². The lowest BCUT2D eigenvalue weighted by atomic mass is 9.95. The number of hydrogen-bond acceptors (Lipinski definition) is 5. The van der Waals surface area contributed by atoms with E-state index in [0.29, 0.717) is 13.2 Å². The van der Waals surface area contributed by atoms with Crippen molar-refractivity contribution < 1.29 is 19.4 Å². The van der Waals surface area contributed by atoms with Crippen LogP contribution in [0.15, 0.2) is 72.0 Å². The summed E-state index contributed by atoms with van der Waals surface area (Å²) in [5.41, 5.74) is 1.75. The summed E-state index contributed by atoms with van der Waals surface area (Å²) < 4.78 is 5.76. The highest BCUT2D eigenvalue weighted by molar-refractivity contribution is 6.14. The average molecular weight is 463 g/mol. The molecule has 6 heteroatoms. The number of carbonyl (C=O) groups excluding carboxylic acids is 2. The molecule has 1 atom stereocenters. The van der Waals surface area contributed by atoms with Crippen molar-refractivity contribution in [2.45, 2.75) is 32.2 Å². The van der Waals surface area contributed by atoms with Crippen molar-refractivity contribution in [3.63, 3.8) is 0 Å². The SMILES string of the molecule is CCCCOc1ccc(C2C(C(=O)C=Cc3ccccc3)=C(O)C(=O)N2CCCN(C)C)cc1. The molecule has 0 aliphatic carbocycles. The first-order valence-corrected chi connectivity index (χ1v) is 11.8. The zero-order valence-electron chi connectivity index (χ0n) is 20.2. The average Bonchev–Trinajstić information content (AvgIpc) is 3.09. The third-order valence-corrected chi connectivity index (χ3v) is 5.76. The number of aliphatic hydroxyl groups is 1. The van der Waals surface area contributed by atoms with Gasteiger partial charge in [0.15, 0.2) is 11.5 Å². The smallest absolute Gasteiger partial charge is 0.290 e. The Bertz CT molecular complexity index is 1030. The Hall–Kier alpha value is -3.38. The van der Waals surface area contributed by atoms with Gasteiger partial charge in [0.25, 0.3) is 5.91 Å². The monoisotopic (exact) mass is 462 g/mol. The number of ketones is 1. The number of benzene rings is 2. The highest BCUT2D eigenvalue weighted by Gasteiger charge is 2.42. The van der Waals surface area contributed by atoms with E-state index in [2.05, 4.69) is 6.92 Å². The first-order chi connectivity index (χ1) is 16.4. The van der Waals surface area contributed by atoms with Crippen molar-refractivity contribution in [1.29, 1.82) is 0 Å². The minimum absolute atomic E-state index is 0.113. The summed E-state index contributed by atoms with van der Waals surface area (Å²) in [7, 11) is 3.94. The number of allylic oxidation sites excluding steroid dienone is 1. The minimum Gasteiger partial charge on any atom is -0.503 e. The number of aliphatic hydroxyl groups excluding tert-OH is 1. The molecule has 2 aromatic rings. The molecule has 2 aromatic carbocycles. The molecule has 0 aromatic heterocycles. The van der Waals surface area contributed by atoms with E-state index < -0.39 is 17.7 Å². The highest BCUT2D eigenvalue weighted by Crippen LogP contribution is 2.38. The van der Waals surface area contributed by atoms with Crippen molar-refractivity contribution in [3.05, 3.63) is 83.1 Å². The summed E-state index contributed by atoms with van der Waals surface area (Å²) in [6, 6.07) is 16.2. The maximum atomic E-state index is 13.2. The number of carbonyl (C=O) groups is 2. The second-order valence-electron chi connectivity index (χ2n) is 8.70. The van der Waals surface area contributed by atoms with Crippen molar-refractivity contribution in [3.8, 4) is 5.75 Å². The van der Waals surface area contributed by atoms with Crippen molar-refractivity contribution in [1.82, 2.24) is 9.80 Å². The van der Waals surface area contributed by atoms with E-state index in [-0.39, 0.29) is 11.4 Å². The molecule has 6 nitrogen and oxygen atoms in total. The topological polar surface area (TPSA) is 70.1 Å².